The number of amides is 1. The van der Waals surface area contributed by atoms with Crippen molar-refractivity contribution in [3.05, 3.63) is 52.6 Å². The molecule has 0 aliphatic heterocycles. The van der Waals surface area contributed by atoms with Crippen LogP contribution in [0.5, 0.6) is 17.2 Å². The van der Waals surface area contributed by atoms with Gasteiger partial charge in [-0.15, -0.1) is 0 Å². The molecule has 0 bridgehead atoms. The molecule has 148 valence electrons. The predicted octanol–water partition coefficient (Wildman–Crippen LogP) is 1.57. The number of aldehydes is 1. The van der Waals surface area contributed by atoms with Crippen molar-refractivity contribution in [2.45, 2.75) is 19.9 Å². The lowest BCUT2D eigenvalue weighted by atomic mass is 9.94. The quantitative estimate of drug-likeness (QED) is 0.264. The second-order valence-electron chi connectivity index (χ2n) is 6.44. The summed E-state index contributed by atoms with van der Waals surface area (Å²) in [6.45, 7) is 4.81. The minimum Gasteiger partial charge on any atom is -0.507 e. The van der Waals surface area contributed by atoms with E-state index < -0.39 is 40.1 Å². The fraction of sp³-hybridized carbons (Fsp3) is 0.250. The number of nitrogens with one attached hydrogen (secondary N) is 2. The lowest BCUT2D eigenvalue weighted by molar-refractivity contribution is 0.0951. The fourth-order valence-electron chi connectivity index (χ4n) is 2.65. The molecule has 5 N–H and O–H groups in total. The maximum absolute atomic E-state index is 12.7. The number of phenolic OH excluding ortho intramolecular Hbond substituents is 3. The Kier molecular flexibility index (Phi) is 6.73. The van der Waals surface area contributed by atoms with Crippen molar-refractivity contribution in [2.24, 2.45) is 0 Å². The Bertz CT molecular complexity index is 888. The van der Waals surface area contributed by atoms with E-state index >= 15 is 0 Å². The van der Waals surface area contributed by atoms with Gasteiger partial charge in [0.1, 0.15) is 22.8 Å². The Labute approximate surface area is 161 Å². The van der Waals surface area contributed by atoms with Crippen molar-refractivity contribution in [3.63, 3.8) is 0 Å². The highest BCUT2D eigenvalue weighted by Crippen LogP contribution is 2.33. The van der Waals surface area contributed by atoms with Crippen molar-refractivity contribution in [1.29, 1.82) is 0 Å². The number of rotatable bonds is 8. The number of phenols is 3. The number of ketones is 1. The van der Waals surface area contributed by atoms with Crippen LogP contribution in [0.3, 0.4) is 0 Å². The lowest BCUT2D eigenvalue weighted by Crippen LogP contribution is -2.34. The highest BCUT2D eigenvalue weighted by Gasteiger charge is 2.25. The molecular formula is C20H22N2O6. The SMILES string of the molecule is CC(C)NCCNC(=O)c1cc(O)c(C(=O)c2c(O)cccc2O)c(C=O)c1. The molecule has 2 aromatic carbocycles. The molecule has 0 fully saturated rings. The monoisotopic (exact) mass is 386 g/mol. The summed E-state index contributed by atoms with van der Waals surface area (Å²) in [5.41, 5.74) is -1.09. The van der Waals surface area contributed by atoms with Crippen molar-refractivity contribution in [2.75, 3.05) is 13.1 Å². The van der Waals surface area contributed by atoms with Crippen LogP contribution in [0.4, 0.5) is 0 Å². The molecule has 0 heterocycles. The van der Waals surface area contributed by atoms with Crippen molar-refractivity contribution in [3.8, 4) is 17.2 Å². The van der Waals surface area contributed by atoms with Gasteiger partial charge < -0.3 is 26.0 Å². The summed E-state index contributed by atoms with van der Waals surface area (Å²) < 4.78 is 0. The maximum atomic E-state index is 12.7. The molecule has 0 radical (unpaired) electrons. The van der Waals surface area contributed by atoms with Gasteiger partial charge in [-0.05, 0) is 24.3 Å². The zero-order valence-electron chi connectivity index (χ0n) is 15.5. The topological polar surface area (TPSA) is 136 Å². The molecule has 8 nitrogen and oxygen atoms in total. The third kappa shape index (κ3) is 4.66. The van der Waals surface area contributed by atoms with Crippen LogP contribution in [0.15, 0.2) is 30.3 Å². The van der Waals surface area contributed by atoms with Crippen LogP contribution in [0, 0.1) is 0 Å². The number of hydrogen-bond donors (Lipinski definition) is 5. The summed E-state index contributed by atoms with van der Waals surface area (Å²) in [7, 11) is 0. The summed E-state index contributed by atoms with van der Waals surface area (Å²) >= 11 is 0. The molecule has 0 aliphatic carbocycles. The van der Waals surface area contributed by atoms with Gasteiger partial charge in [0.2, 0.25) is 5.78 Å². The highest BCUT2D eigenvalue weighted by molar-refractivity contribution is 6.17. The first kappa shape index (κ1) is 20.9. The van der Waals surface area contributed by atoms with E-state index in [2.05, 4.69) is 10.6 Å². The number of benzene rings is 2. The third-order valence-electron chi connectivity index (χ3n) is 3.97. The normalized spacial score (nSPS) is 10.7. The van der Waals surface area contributed by atoms with E-state index in [0.717, 1.165) is 6.07 Å². The standard InChI is InChI=1S/C20H22N2O6/c1-11(2)21-6-7-22-20(28)12-8-13(10-23)17(16(26)9-12)19(27)18-14(24)4-3-5-15(18)25/h3-5,8-11,21,24-26H,6-7H2,1-2H3,(H,22,28). The van der Waals surface area contributed by atoms with Gasteiger partial charge in [0.05, 0.1) is 5.56 Å². The molecule has 2 aromatic rings. The molecule has 0 unspecified atom stereocenters. The van der Waals surface area contributed by atoms with Gasteiger partial charge in [-0.2, -0.15) is 0 Å². The Hall–Kier alpha value is -3.39. The van der Waals surface area contributed by atoms with Gasteiger partial charge in [-0.1, -0.05) is 19.9 Å². The molecular weight excluding hydrogens is 364 g/mol. The van der Waals surface area contributed by atoms with E-state index in [4.69, 9.17) is 0 Å². The summed E-state index contributed by atoms with van der Waals surface area (Å²) in [4.78, 5) is 36.4. The van der Waals surface area contributed by atoms with E-state index in [1.807, 2.05) is 13.8 Å². The van der Waals surface area contributed by atoms with Crippen molar-refractivity contribution < 1.29 is 29.7 Å². The third-order valence-corrected chi connectivity index (χ3v) is 3.97. The molecule has 1 amide bonds. The summed E-state index contributed by atoms with van der Waals surface area (Å²) in [5.74, 6) is -3.07. The van der Waals surface area contributed by atoms with Gasteiger partial charge in [0.15, 0.2) is 6.29 Å². The second-order valence-corrected chi connectivity index (χ2v) is 6.44. The molecule has 0 saturated carbocycles. The van der Waals surface area contributed by atoms with E-state index in [9.17, 15) is 29.7 Å². The van der Waals surface area contributed by atoms with Crippen LogP contribution < -0.4 is 10.6 Å². The van der Waals surface area contributed by atoms with Crippen LogP contribution in [-0.4, -0.2) is 52.4 Å². The maximum Gasteiger partial charge on any atom is 0.251 e. The molecule has 0 aliphatic rings. The van der Waals surface area contributed by atoms with E-state index in [1.54, 1.807) is 0 Å². The zero-order chi connectivity index (χ0) is 20.8. The van der Waals surface area contributed by atoms with Crippen LogP contribution in [0.25, 0.3) is 0 Å². The van der Waals surface area contributed by atoms with Crippen molar-refractivity contribution >= 4 is 18.0 Å². The van der Waals surface area contributed by atoms with Gasteiger partial charge in [0.25, 0.3) is 5.91 Å². The number of carbonyl (C=O) groups excluding carboxylic acids is 3. The molecule has 28 heavy (non-hydrogen) atoms. The first-order valence-electron chi connectivity index (χ1n) is 8.65. The van der Waals surface area contributed by atoms with E-state index in [-0.39, 0.29) is 17.2 Å². The molecule has 8 heteroatoms. The first-order chi connectivity index (χ1) is 13.3. The van der Waals surface area contributed by atoms with E-state index in [0.29, 0.717) is 19.4 Å². The Morgan fingerprint density at radius 2 is 1.64 bits per heavy atom. The molecule has 0 atom stereocenters. The molecule has 0 spiro atoms. The van der Waals surface area contributed by atoms with Crippen LogP contribution >= 0.6 is 0 Å². The van der Waals surface area contributed by atoms with Gasteiger partial charge in [-0.25, -0.2) is 0 Å². The van der Waals surface area contributed by atoms with Gasteiger partial charge in [0, 0.05) is 30.3 Å². The largest absolute Gasteiger partial charge is 0.507 e. The summed E-state index contributed by atoms with van der Waals surface area (Å²) in [5, 5.41) is 35.8. The molecule has 0 saturated heterocycles. The van der Waals surface area contributed by atoms with Crippen LogP contribution in [-0.2, 0) is 0 Å². The van der Waals surface area contributed by atoms with Gasteiger partial charge in [-0.3, -0.25) is 14.4 Å². The summed E-state index contributed by atoms with van der Waals surface area (Å²) in [6, 6.07) is 6.21. The fourth-order valence-corrected chi connectivity index (χ4v) is 2.65. The minimum absolute atomic E-state index is 0.00204. The second kappa shape index (κ2) is 9.01. The lowest BCUT2D eigenvalue weighted by Gasteiger charge is -2.12. The smallest absolute Gasteiger partial charge is 0.251 e. The van der Waals surface area contributed by atoms with Crippen molar-refractivity contribution in [1.82, 2.24) is 10.6 Å². The molecule has 0 aromatic heterocycles. The Balaban J connectivity index is 2.32. The zero-order valence-corrected chi connectivity index (χ0v) is 15.5. The number of aromatic hydroxyl groups is 3. The average molecular weight is 386 g/mol. The van der Waals surface area contributed by atoms with E-state index in [1.165, 1.54) is 24.3 Å². The molecule has 2 rings (SSSR count). The van der Waals surface area contributed by atoms with Crippen LogP contribution in [0.1, 0.15) is 50.5 Å². The predicted molar refractivity (Wildman–Crippen MR) is 102 cm³/mol. The Morgan fingerprint density at radius 3 is 2.21 bits per heavy atom. The average Bonchev–Trinajstić information content (AvgIpc) is 2.63. The minimum atomic E-state index is -0.941. The summed E-state index contributed by atoms with van der Waals surface area (Å²) in [6.07, 6.45) is 0.321. The Morgan fingerprint density at radius 1 is 1.00 bits per heavy atom. The van der Waals surface area contributed by atoms with Gasteiger partial charge >= 0.3 is 0 Å². The number of carbonyl (C=O) groups is 3. The first-order valence-corrected chi connectivity index (χ1v) is 8.65. The highest BCUT2D eigenvalue weighted by atomic mass is 16.3. The number of hydrogen-bond acceptors (Lipinski definition) is 7. The van der Waals surface area contributed by atoms with Crippen LogP contribution in [0.2, 0.25) is 0 Å².